The normalized spacial score (nSPS) is 18.7. The van der Waals surface area contributed by atoms with E-state index >= 15 is 0 Å². The summed E-state index contributed by atoms with van der Waals surface area (Å²) in [5.41, 5.74) is 2.63. The van der Waals surface area contributed by atoms with Gasteiger partial charge in [-0.2, -0.15) is 0 Å². The minimum atomic E-state index is -0.0476. The first-order valence-corrected chi connectivity index (χ1v) is 8.31. The highest BCUT2D eigenvalue weighted by atomic mass is 16.2. The van der Waals surface area contributed by atoms with Gasteiger partial charge < -0.3 is 10.2 Å². The van der Waals surface area contributed by atoms with Gasteiger partial charge in [-0.25, -0.2) is 0 Å². The first-order valence-electron chi connectivity index (χ1n) is 8.31. The summed E-state index contributed by atoms with van der Waals surface area (Å²) in [4.78, 5) is 26.4. The number of anilines is 1. The molecule has 2 amide bonds. The molecule has 1 aliphatic heterocycles. The Morgan fingerprint density at radius 3 is 2.64 bits per heavy atom. The fourth-order valence-electron chi connectivity index (χ4n) is 3.40. The Balaban J connectivity index is 1.76. The summed E-state index contributed by atoms with van der Waals surface area (Å²) in [5, 5.41) is 2.91. The standard InChI is InChI=1S/C18H24N2O2/c1-12(2)17(21)19-14-8-9-16-13(10-14)11-20(18(16)22)15-6-4-3-5-7-15/h8-10,12,15H,3-7,11H2,1-2H3,(H,19,21). The lowest BCUT2D eigenvalue weighted by molar-refractivity contribution is -0.118. The maximum absolute atomic E-state index is 12.6. The van der Waals surface area contributed by atoms with Gasteiger partial charge in [-0.05, 0) is 36.6 Å². The van der Waals surface area contributed by atoms with Crippen LogP contribution >= 0.6 is 0 Å². The van der Waals surface area contributed by atoms with Crippen molar-refractivity contribution in [1.29, 1.82) is 0 Å². The predicted octanol–water partition coefficient (Wildman–Crippen LogP) is 3.57. The van der Waals surface area contributed by atoms with Gasteiger partial charge in [0, 0.05) is 29.8 Å². The number of hydrogen-bond donors (Lipinski definition) is 1. The van der Waals surface area contributed by atoms with Crippen molar-refractivity contribution in [2.75, 3.05) is 5.32 Å². The molecule has 0 saturated heterocycles. The summed E-state index contributed by atoms with van der Waals surface area (Å²) in [6.07, 6.45) is 5.98. The Hall–Kier alpha value is -1.84. The van der Waals surface area contributed by atoms with E-state index in [2.05, 4.69) is 5.32 Å². The maximum Gasteiger partial charge on any atom is 0.254 e. The third-order valence-corrected chi connectivity index (χ3v) is 4.74. The van der Waals surface area contributed by atoms with Gasteiger partial charge in [0.2, 0.25) is 5.91 Å². The van der Waals surface area contributed by atoms with Crippen LogP contribution in [0, 0.1) is 5.92 Å². The minimum absolute atomic E-state index is 0.00779. The van der Waals surface area contributed by atoms with Crippen molar-refractivity contribution < 1.29 is 9.59 Å². The molecule has 0 atom stereocenters. The molecule has 3 rings (SSSR count). The molecule has 0 bridgehead atoms. The highest BCUT2D eigenvalue weighted by Crippen LogP contribution is 2.32. The van der Waals surface area contributed by atoms with Gasteiger partial charge in [0.05, 0.1) is 0 Å². The number of amides is 2. The van der Waals surface area contributed by atoms with Crippen molar-refractivity contribution in [2.24, 2.45) is 5.92 Å². The van der Waals surface area contributed by atoms with E-state index in [1.54, 1.807) is 0 Å². The highest BCUT2D eigenvalue weighted by molar-refractivity contribution is 6.00. The van der Waals surface area contributed by atoms with E-state index < -0.39 is 0 Å². The van der Waals surface area contributed by atoms with E-state index in [4.69, 9.17) is 0 Å². The van der Waals surface area contributed by atoms with Crippen LogP contribution in [0.15, 0.2) is 18.2 Å². The second-order valence-electron chi connectivity index (χ2n) is 6.74. The first-order chi connectivity index (χ1) is 10.6. The zero-order chi connectivity index (χ0) is 15.7. The Morgan fingerprint density at radius 1 is 1.23 bits per heavy atom. The van der Waals surface area contributed by atoms with E-state index in [-0.39, 0.29) is 17.7 Å². The molecule has 1 N–H and O–H groups in total. The van der Waals surface area contributed by atoms with Crippen LogP contribution in [0.5, 0.6) is 0 Å². The number of hydrogen-bond acceptors (Lipinski definition) is 2. The van der Waals surface area contributed by atoms with Crippen LogP contribution in [0.25, 0.3) is 0 Å². The van der Waals surface area contributed by atoms with Crippen LogP contribution < -0.4 is 5.32 Å². The van der Waals surface area contributed by atoms with Crippen LogP contribution in [-0.2, 0) is 11.3 Å². The molecule has 1 aliphatic carbocycles. The Morgan fingerprint density at radius 2 is 1.95 bits per heavy atom. The van der Waals surface area contributed by atoms with E-state index in [0.29, 0.717) is 12.6 Å². The molecule has 1 aromatic rings. The van der Waals surface area contributed by atoms with Crippen molar-refractivity contribution in [2.45, 2.75) is 58.5 Å². The fraction of sp³-hybridized carbons (Fsp3) is 0.556. The van der Waals surface area contributed by atoms with Crippen LogP contribution in [0.3, 0.4) is 0 Å². The van der Waals surface area contributed by atoms with E-state index in [1.165, 1.54) is 19.3 Å². The predicted molar refractivity (Wildman–Crippen MR) is 86.7 cm³/mol. The molecule has 1 saturated carbocycles. The zero-order valence-corrected chi connectivity index (χ0v) is 13.4. The fourth-order valence-corrected chi connectivity index (χ4v) is 3.40. The molecule has 0 radical (unpaired) electrons. The molecule has 118 valence electrons. The zero-order valence-electron chi connectivity index (χ0n) is 13.4. The second-order valence-corrected chi connectivity index (χ2v) is 6.74. The Kier molecular flexibility index (Phi) is 4.19. The van der Waals surface area contributed by atoms with E-state index in [9.17, 15) is 9.59 Å². The van der Waals surface area contributed by atoms with E-state index in [1.807, 2.05) is 36.9 Å². The van der Waals surface area contributed by atoms with Gasteiger partial charge in [-0.1, -0.05) is 33.1 Å². The molecule has 0 aromatic heterocycles. The van der Waals surface area contributed by atoms with Crippen LogP contribution in [-0.4, -0.2) is 22.8 Å². The molecular formula is C18H24N2O2. The summed E-state index contributed by atoms with van der Waals surface area (Å²) in [6, 6.07) is 6.04. The number of carbonyl (C=O) groups is 2. The summed E-state index contributed by atoms with van der Waals surface area (Å²) < 4.78 is 0. The number of nitrogens with one attached hydrogen (secondary N) is 1. The van der Waals surface area contributed by atoms with Crippen molar-refractivity contribution in [1.82, 2.24) is 4.90 Å². The van der Waals surface area contributed by atoms with Gasteiger partial charge in [0.1, 0.15) is 0 Å². The Bertz CT molecular complexity index is 589. The molecule has 2 aliphatic rings. The maximum atomic E-state index is 12.6. The average Bonchev–Trinajstić information content (AvgIpc) is 2.84. The summed E-state index contributed by atoms with van der Waals surface area (Å²) in [7, 11) is 0. The number of fused-ring (bicyclic) bond motifs is 1. The topological polar surface area (TPSA) is 49.4 Å². The molecule has 1 fully saturated rings. The molecule has 1 aromatic carbocycles. The highest BCUT2D eigenvalue weighted by Gasteiger charge is 2.33. The molecule has 22 heavy (non-hydrogen) atoms. The lowest BCUT2D eigenvalue weighted by Gasteiger charge is -2.30. The van der Waals surface area contributed by atoms with Crippen LogP contribution in [0.2, 0.25) is 0 Å². The number of carbonyl (C=O) groups excluding carboxylic acids is 2. The molecule has 0 unspecified atom stereocenters. The molecule has 4 nitrogen and oxygen atoms in total. The van der Waals surface area contributed by atoms with Crippen molar-refractivity contribution in [3.05, 3.63) is 29.3 Å². The van der Waals surface area contributed by atoms with E-state index in [0.717, 1.165) is 29.7 Å². The lowest BCUT2D eigenvalue weighted by Crippen LogP contribution is -2.36. The van der Waals surface area contributed by atoms with Crippen LogP contribution in [0.1, 0.15) is 61.9 Å². The molecule has 4 heteroatoms. The van der Waals surface area contributed by atoms with Gasteiger partial charge in [0.15, 0.2) is 0 Å². The first kappa shape index (κ1) is 15.1. The van der Waals surface area contributed by atoms with Crippen molar-refractivity contribution in [3.63, 3.8) is 0 Å². The minimum Gasteiger partial charge on any atom is -0.331 e. The molecule has 0 spiro atoms. The Labute approximate surface area is 131 Å². The summed E-state index contributed by atoms with van der Waals surface area (Å²) in [6.45, 7) is 4.43. The van der Waals surface area contributed by atoms with Crippen molar-refractivity contribution >= 4 is 17.5 Å². The number of benzene rings is 1. The van der Waals surface area contributed by atoms with Gasteiger partial charge >= 0.3 is 0 Å². The van der Waals surface area contributed by atoms with Crippen LogP contribution in [0.4, 0.5) is 5.69 Å². The summed E-state index contributed by atoms with van der Waals surface area (Å²) >= 11 is 0. The lowest BCUT2D eigenvalue weighted by atomic mass is 9.94. The van der Waals surface area contributed by atoms with Gasteiger partial charge in [-0.3, -0.25) is 9.59 Å². The quantitative estimate of drug-likeness (QED) is 0.927. The third-order valence-electron chi connectivity index (χ3n) is 4.74. The largest absolute Gasteiger partial charge is 0.331 e. The smallest absolute Gasteiger partial charge is 0.254 e. The number of nitrogens with zero attached hydrogens (tertiary/aromatic N) is 1. The SMILES string of the molecule is CC(C)C(=O)Nc1ccc2c(c1)CN(C1CCCCC1)C2=O. The number of rotatable bonds is 3. The van der Waals surface area contributed by atoms with Gasteiger partial charge in [0.25, 0.3) is 5.91 Å². The monoisotopic (exact) mass is 300 g/mol. The van der Waals surface area contributed by atoms with Gasteiger partial charge in [-0.15, -0.1) is 0 Å². The second kappa shape index (κ2) is 6.11. The third kappa shape index (κ3) is 2.87. The molecule has 1 heterocycles. The summed E-state index contributed by atoms with van der Waals surface area (Å²) in [5.74, 6) is 0.116. The average molecular weight is 300 g/mol. The van der Waals surface area contributed by atoms with Crippen molar-refractivity contribution in [3.8, 4) is 0 Å². The molecular weight excluding hydrogens is 276 g/mol.